The van der Waals surface area contributed by atoms with E-state index in [2.05, 4.69) is 10.3 Å². The van der Waals surface area contributed by atoms with Crippen molar-refractivity contribution in [3.05, 3.63) is 42.6 Å². The van der Waals surface area contributed by atoms with Gasteiger partial charge in [-0.05, 0) is 43.0 Å². The van der Waals surface area contributed by atoms with E-state index in [1.54, 1.807) is 12.3 Å². The molecule has 1 aliphatic carbocycles. The van der Waals surface area contributed by atoms with Gasteiger partial charge in [-0.3, -0.25) is 4.79 Å². The van der Waals surface area contributed by atoms with Gasteiger partial charge < -0.3 is 19.5 Å². The van der Waals surface area contributed by atoms with Gasteiger partial charge in [-0.2, -0.15) is 0 Å². The second-order valence-corrected chi connectivity index (χ2v) is 7.02. The Balaban J connectivity index is 1.38. The van der Waals surface area contributed by atoms with Crippen molar-refractivity contribution in [3.63, 3.8) is 0 Å². The summed E-state index contributed by atoms with van der Waals surface area (Å²) in [7, 11) is 0. The summed E-state index contributed by atoms with van der Waals surface area (Å²) in [5.74, 6) is 2.50. The topological polar surface area (TPSA) is 69.7 Å². The van der Waals surface area contributed by atoms with Crippen LogP contribution in [-0.2, 0) is 4.79 Å². The van der Waals surface area contributed by atoms with Crippen LogP contribution in [0.5, 0.6) is 17.2 Å². The monoisotopic (exact) mass is 368 g/mol. The van der Waals surface area contributed by atoms with E-state index in [0.29, 0.717) is 35.6 Å². The second kappa shape index (κ2) is 8.29. The molecule has 1 aromatic carbocycles. The van der Waals surface area contributed by atoms with Gasteiger partial charge in [0.1, 0.15) is 6.61 Å². The molecule has 2 aromatic rings. The first-order chi connectivity index (χ1) is 13.3. The molecule has 4 rings (SSSR count). The van der Waals surface area contributed by atoms with Crippen molar-refractivity contribution in [2.45, 2.75) is 38.2 Å². The molecule has 0 radical (unpaired) electrons. The second-order valence-electron chi connectivity index (χ2n) is 7.02. The largest absolute Gasteiger partial charge is 0.489 e. The van der Waals surface area contributed by atoms with Gasteiger partial charge in [-0.1, -0.05) is 31.4 Å². The molecule has 0 saturated heterocycles. The first-order valence-corrected chi connectivity index (χ1v) is 9.57. The van der Waals surface area contributed by atoms with E-state index in [-0.39, 0.29) is 12.5 Å². The molecule has 1 unspecified atom stereocenters. The minimum absolute atomic E-state index is 0.161. The quantitative estimate of drug-likeness (QED) is 0.869. The summed E-state index contributed by atoms with van der Waals surface area (Å²) < 4.78 is 17.3. The molecule has 1 aliphatic heterocycles. The van der Waals surface area contributed by atoms with Gasteiger partial charge >= 0.3 is 0 Å². The summed E-state index contributed by atoms with van der Waals surface area (Å²) in [5.41, 5.74) is 0. The van der Waals surface area contributed by atoms with E-state index in [0.717, 1.165) is 0 Å². The van der Waals surface area contributed by atoms with Crippen molar-refractivity contribution in [2.24, 2.45) is 5.92 Å². The fourth-order valence-corrected chi connectivity index (χ4v) is 3.51. The molecule has 1 N–H and O–H groups in total. The van der Waals surface area contributed by atoms with Crippen molar-refractivity contribution in [2.75, 3.05) is 18.5 Å². The van der Waals surface area contributed by atoms with E-state index in [4.69, 9.17) is 14.2 Å². The molecule has 1 atom stereocenters. The van der Waals surface area contributed by atoms with Crippen molar-refractivity contribution >= 4 is 11.7 Å². The fraction of sp³-hybridized carbons (Fsp3) is 0.429. The van der Waals surface area contributed by atoms with Gasteiger partial charge in [-0.15, -0.1) is 0 Å². The van der Waals surface area contributed by atoms with Crippen molar-refractivity contribution < 1.29 is 19.0 Å². The van der Waals surface area contributed by atoms with E-state index < -0.39 is 6.10 Å². The molecule has 27 heavy (non-hydrogen) atoms. The molecule has 1 fully saturated rings. The number of carbonyl (C=O) groups excluding carboxylic acids is 1. The number of aromatic nitrogens is 1. The van der Waals surface area contributed by atoms with Crippen LogP contribution >= 0.6 is 0 Å². The van der Waals surface area contributed by atoms with Gasteiger partial charge in [0.25, 0.3) is 5.91 Å². The molecule has 6 heteroatoms. The third-order valence-corrected chi connectivity index (χ3v) is 5.01. The molecule has 0 spiro atoms. The third-order valence-electron chi connectivity index (χ3n) is 5.01. The molecular weight excluding hydrogens is 344 g/mol. The number of nitrogens with one attached hydrogen (secondary N) is 1. The van der Waals surface area contributed by atoms with Crippen LogP contribution in [0.3, 0.4) is 0 Å². The number of pyridine rings is 1. The highest BCUT2D eigenvalue weighted by Gasteiger charge is 2.28. The Hall–Kier alpha value is -2.76. The number of amides is 1. The van der Waals surface area contributed by atoms with Crippen LogP contribution in [0.4, 0.5) is 5.82 Å². The molecule has 142 valence electrons. The Labute approximate surface area is 158 Å². The lowest BCUT2D eigenvalue weighted by molar-refractivity contribution is -0.125. The molecule has 2 heterocycles. The molecule has 6 nitrogen and oxygen atoms in total. The molecule has 1 saturated carbocycles. The summed E-state index contributed by atoms with van der Waals surface area (Å²) in [5, 5.41) is 2.82. The van der Waals surface area contributed by atoms with E-state index >= 15 is 0 Å². The Kier molecular flexibility index (Phi) is 5.42. The lowest BCUT2D eigenvalue weighted by Crippen LogP contribution is -2.40. The number of anilines is 1. The number of fused-ring (bicyclic) bond motifs is 1. The predicted molar refractivity (Wildman–Crippen MR) is 101 cm³/mol. The van der Waals surface area contributed by atoms with Crippen LogP contribution in [0.15, 0.2) is 42.6 Å². The van der Waals surface area contributed by atoms with Gasteiger partial charge in [0.15, 0.2) is 23.1 Å². The summed E-state index contributed by atoms with van der Waals surface area (Å²) in [6, 6.07) is 11.0. The number of nitrogens with zero attached hydrogens (tertiary/aromatic N) is 1. The van der Waals surface area contributed by atoms with Crippen molar-refractivity contribution in [3.8, 4) is 17.2 Å². The summed E-state index contributed by atoms with van der Waals surface area (Å²) in [6.07, 6.45) is 7.17. The SMILES string of the molecule is O=C(Nc1ncccc1OCC1CCCCC1)C1COc2ccccc2O1. The highest BCUT2D eigenvalue weighted by Crippen LogP contribution is 2.32. The number of rotatable bonds is 5. The number of ether oxygens (including phenoxy) is 3. The van der Waals surface area contributed by atoms with Crippen molar-refractivity contribution in [1.29, 1.82) is 0 Å². The highest BCUT2D eigenvalue weighted by molar-refractivity contribution is 5.95. The Morgan fingerprint density at radius 1 is 1.11 bits per heavy atom. The zero-order valence-electron chi connectivity index (χ0n) is 15.2. The average Bonchev–Trinajstić information content (AvgIpc) is 2.73. The van der Waals surface area contributed by atoms with Gasteiger partial charge in [0.05, 0.1) is 6.61 Å². The Bertz CT molecular complexity index is 789. The minimum atomic E-state index is -0.729. The van der Waals surface area contributed by atoms with Crippen LogP contribution in [0.2, 0.25) is 0 Å². The smallest absolute Gasteiger partial charge is 0.270 e. The number of carbonyl (C=O) groups is 1. The zero-order valence-corrected chi connectivity index (χ0v) is 15.2. The van der Waals surface area contributed by atoms with E-state index in [1.807, 2.05) is 30.3 Å². The first kappa shape index (κ1) is 17.6. The lowest BCUT2D eigenvalue weighted by atomic mass is 9.90. The third kappa shape index (κ3) is 4.32. The normalized spacial score (nSPS) is 19.3. The maximum Gasteiger partial charge on any atom is 0.270 e. The predicted octanol–water partition coefficient (Wildman–Crippen LogP) is 3.82. The highest BCUT2D eigenvalue weighted by atomic mass is 16.6. The van der Waals surface area contributed by atoms with Gasteiger partial charge in [0.2, 0.25) is 6.10 Å². The maximum absolute atomic E-state index is 12.6. The number of hydrogen-bond acceptors (Lipinski definition) is 5. The van der Waals surface area contributed by atoms with Crippen molar-refractivity contribution in [1.82, 2.24) is 4.98 Å². The zero-order chi connectivity index (χ0) is 18.5. The summed E-state index contributed by atoms with van der Waals surface area (Å²) >= 11 is 0. The lowest BCUT2D eigenvalue weighted by Gasteiger charge is -2.26. The average molecular weight is 368 g/mol. The first-order valence-electron chi connectivity index (χ1n) is 9.57. The standard InChI is InChI=1S/C21H24N2O4/c24-21(19-14-26-16-9-4-5-10-17(16)27-19)23-20-18(11-6-12-22-20)25-13-15-7-2-1-3-8-15/h4-6,9-12,15,19H,1-3,7-8,13-14H2,(H,22,23,24). The van der Waals surface area contributed by atoms with Gasteiger partial charge in [-0.25, -0.2) is 4.98 Å². The van der Waals surface area contributed by atoms with Crippen LogP contribution in [0.1, 0.15) is 32.1 Å². The number of hydrogen-bond donors (Lipinski definition) is 1. The maximum atomic E-state index is 12.6. The van der Waals surface area contributed by atoms with Crippen LogP contribution < -0.4 is 19.5 Å². The molecular formula is C21H24N2O4. The number of para-hydroxylation sites is 2. The molecule has 2 aliphatic rings. The van der Waals surface area contributed by atoms with Crippen LogP contribution in [-0.4, -0.2) is 30.2 Å². The van der Waals surface area contributed by atoms with Crippen LogP contribution in [0, 0.1) is 5.92 Å². The fourth-order valence-electron chi connectivity index (χ4n) is 3.51. The molecule has 1 amide bonds. The van der Waals surface area contributed by atoms with Crippen LogP contribution in [0.25, 0.3) is 0 Å². The van der Waals surface area contributed by atoms with E-state index in [1.165, 1.54) is 32.1 Å². The minimum Gasteiger partial charge on any atom is -0.489 e. The van der Waals surface area contributed by atoms with E-state index in [9.17, 15) is 4.79 Å². The summed E-state index contributed by atoms with van der Waals surface area (Å²) in [6.45, 7) is 0.818. The Morgan fingerprint density at radius 3 is 2.78 bits per heavy atom. The number of benzene rings is 1. The summed E-state index contributed by atoms with van der Waals surface area (Å²) in [4.78, 5) is 16.9. The molecule has 1 aromatic heterocycles. The Morgan fingerprint density at radius 2 is 1.93 bits per heavy atom. The van der Waals surface area contributed by atoms with Gasteiger partial charge in [0, 0.05) is 6.20 Å². The molecule has 0 bridgehead atoms.